The number of aryl methyl sites for hydroxylation is 1. The highest BCUT2D eigenvalue weighted by molar-refractivity contribution is 5.92. The van der Waals surface area contributed by atoms with Crippen LogP contribution in [0.15, 0.2) is 35.3 Å². The van der Waals surface area contributed by atoms with E-state index in [0.717, 1.165) is 0 Å². The van der Waals surface area contributed by atoms with Gasteiger partial charge in [-0.3, -0.25) is 4.79 Å². The molecule has 0 aliphatic rings. The summed E-state index contributed by atoms with van der Waals surface area (Å²) in [7, 11) is 0. The molecule has 0 atom stereocenters. The van der Waals surface area contributed by atoms with Crippen LogP contribution in [0.25, 0.3) is 16.9 Å². The van der Waals surface area contributed by atoms with Gasteiger partial charge in [0.25, 0.3) is 5.56 Å². The van der Waals surface area contributed by atoms with Crippen LogP contribution >= 0.6 is 0 Å². The molecule has 0 spiro atoms. The molecular weight excluding hydrogens is 260 g/mol. The Morgan fingerprint density at radius 2 is 2.20 bits per heavy atom. The van der Waals surface area contributed by atoms with Gasteiger partial charge >= 0.3 is 5.97 Å². The summed E-state index contributed by atoms with van der Waals surface area (Å²) >= 11 is 0. The van der Waals surface area contributed by atoms with Gasteiger partial charge < -0.3 is 10.1 Å². The number of pyridine rings is 2. The van der Waals surface area contributed by atoms with Crippen molar-refractivity contribution in [3.8, 4) is 5.82 Å². The molecule has 7 heteroatoms. The minimum Gasteiger partial charge on any atom is -0.477 e. The second kappa shape index (κ2) is 4.30. The number of carbonyl (C=O) groups is 1. The minimum atomic E-state index is -1.27. The summed E-state index contributed by atoms with van der Waals surface area (Å²) in [6.07, 6.45) is 1.61. The lowest BCUT2D eigenvalue weighted by Crippen LogP contribution is -2.17. The fourth-order valence-electron chi connectivity index (χ4n) is 2.02. The number of carboxylic acid groups (broad SMARTS) is 1. The Bertz CT molecular complexity index is 864. The molecule has 3 aromatic rings. The van der Waals surface area contributed by atoms with Crippen molar-refractivity contribution in [1.29, 1.82) is 0 Å². The molecule has 2 N–H and O–H groups in total. The van der Waals surface area contributed by atoms with Crippen molar-refractivity contribution in [2.24, 2.45) is 0 Å². The van der Waals surface area contributed by atoms with E-state index in [2.05, 4.69) is 15.1 Å². The van der Waals surface area contributed by atoms with Gasteiger partial charge in [0, 0.05) is 11.6 Å². The summed E-state index contributed by atoms with van der Waals surface area (Å²) < 4.78 is 1.48. The van der Waals surface area contributed by atoms with Crippen LogP contribution < -0.4 is 5.56 Å². The lowest BCUT2D eigenvalue weighted by molar-refractivity contribution is 0.0695. The number of aromatic amines is 1. The number of aromatic carboxylic acids is 1. The van der Waals surface area contributed by atoms with Crippen LogP contribution in [0.4, 0.5) is 0 Å². The molecule has 0 aromatic carbocycles. The van der Waals surface area contributed by atoms with Crippen molar-refractivity contribution >= 4 is 17.0 Å². The summed E-state index contributed by atoms with van der Waals surface area (Å²) in [5.74, 6) is -0.720. The Balaban J connectivity index is 2.35. The molecule has 0 aliphatic carbocycles. The maximum atomic E-state index is 11.8. The van der Waals surface area contributed by atoms with Gasteiger partial charge in [-0.2, -0.15) is 9.78 Å². The van der Waals surface area contributed by atoms with E-state index in [1.165, 1.54) is 10.7 Å². The van der Waals surface area contributed by atoms with Crippen LogP contribution in [0.1, 0.15) is 16.1 Å². The molecule has 0 bridgehead atoms. The molecule has 3 rings (SSSR count). The van der Waals surface area contributed by atoms with Crippen molar-refractivity contribution < 1.29 is 9.90 Å². The predicted molar refractivity (Wildman–Crippen MR) is 71.2 cm³/mol. The average molecular weight is 270 g/mol. The number of fused-ring (bicyclic) bond motifs is 1. The van der Waals surface area contributed by atoms with Gasteiger partial charge in [-0.1, -0.05) is 6.07 Å². The normalized spacial score (nSPS) is 10.8. The lowest BCUT2D eigenvalue weighted by Gasteiger charge is -2.01. The van der Waals surface area contributed by atoms with Crippen LogP contribution in [-0.4, -0.2) is 30.8 Å². The van der Waals surface area contributed by atoms with Crippen LogP contribution in [0.3, 0.4) is 0 Å². The van der Waals surface area contributed by atoms with Gasteiger partial charge in [-0.25, -0.2) is 9.78 Å². The Labute approximate surface area is 112 Å². The van der Waals surface area contributed by atoms with Gasteiger partial charge in [0.2, 0.25) is 0 Å². The van der Waals surface area contributed by atoms with Crippen LogP contribution in [0.2, 0.25) is 0 Å². The zero-order valence-electron chi connectivity index (χ0n) is 10.5. The molecular formula is C13H10N4O3. The molecule has 7 nitrogen and oxygen atoms in total. The van der Waals surface area contributed by atoms with Crippen LogP contribution in [0.5, 0.6) is 0 Å². The van der Waals surface area contributed by atoms with Gasteiger partial charge in [0.15, 0.2) is 5.82 Å². The highest BCUT2D eigenvalue weighted by Gasteiger charge is 2.16. The van der Waals surface area contributed by atoms with Gasteiger partial charge in [0.05, 0.1) is 5.69 Å². The highest BCUT2D eigenvalue weighted by Crippen LogP contribution is 2.18. The van der Waals surface area contributed by atoms with Crippen LogP contribution in [0, 0.1) is 6.92 Å². The smallest absolute Gasteiger partial charge is 0.341 e. The Morgan fingerprint density at radius 3 is 2.85 bits per heavy atom. The van der Waals surface area contributed by atoms with Crippen molar-refractivity contribution in [3.05, 3.63) is 52.1 Å². The molecule has 0 fully saturated rings. The number of hydrogen-bond donors (Lipinski definition) is 2. The Hall–Kier alpha value is -2.96. The first-order valence-electron chi connectivity index (χ1n) is 5.85. The number of nitrogens with one attached hydrogen (secondary N) is 1. The van der Waals surface area contributed by atoms with Crippen molar-refractivity contribution in [2.45, 2.75) is 6.92 Å². The number of carboxylic acids is 1. The molecule has 3 aromatic heterocycles. The monoisotopic (exact) mass is 270 g/mol. The number of hydrogen-bond acceptors (Lipinski definition) is 4. The first-order valence-corrected chi connectivity index (χ1v) is 5.85. The van der Waals surface area contributed by atoms with E-state index in [0.29, 0.717) is 22.5 Å². The highest BCUT2D eigenvalue weighted by atomic mass is 16.4. The molecule has 0 saturated carbocycles. The Morgan fingerprint density at radius 1 is 1.40 bits per heavy atom. The summed E-state index contributed by atoms with van der Waals surface area (Å²) in [5, 5.41) is 13.8. The zero-order valence-corrected chi connectivity index (χ0v) is 10.5. The van der Waals surface area contributed by atoms with Gasteiger partial charge in [0.1, 0.15) is 11.2 Å². The van der Waals surface area contributed by atoms with Crippen molar-refractivity contribution in [3.63, 3.8) is 0 Å². The fraction of sp³-hybridized carbons (Fsp3) is 0.0769. The topological polar surface area (TPSA) is 101 Å². The molecule has 0 saturated heterocycles. The van der Waals surface area contributed by atoms with E-state index >= 15 is 0 Å². The lowest BCUT2D eigenvalue weighted by atomic mass is 10.2. The molecule has 100 valence electrons. The third-order valence-electron chi connectivity index (χ3n) is 2.97. The SMILES string of the molecule is Cc1nn(-c2ccccn2)c2[nH]c(=O)c(C(=O)O)cc12. The van der Waals surface area contributed by atoms with E-state index in [1.54, 1.807) is 31.3 Å². The number of H-pyrrole nitrogens is 1. The predicted octanol–water partition coefficient (Wildman–Crippen LogP) is 1.12. The largest absolute Gasteiger partial charge is 0.477 e. The maximum Gasteiger partial charge on any atom is 0.341 e. The van der Waals surface area contributed by atoms with Gasteiger partial charge in [-0.15, -0.1) is 0 Å². The minimum absolute atomic E-state index is 0.304. The second-order valence-electron chi connectivity index (χ2n) is 4.26. The number of rotatable bonds is 2. The molecule has 0 aliphatic heterocycles. The van der Waals surface area contributed by atoms with E-state index < -0.39 is 11.5 Å². The summed E-state index contributed by atoms with van der Waals surface area (Å²) in [4.78, 5) is 29.5. The standard InChI is InChI=1S/C13H10N4O3/c1-7-8-6-9(13(19)20)12(18)15-11(8)17(16-7)10-4-2-3-5-14-10/h2-6H,1H3,(H,15,18)(H,19,20). The van der Waals surface area contributed by atoms with Gasteiger partial charge in [-0.05, 0) is 25.1 Å². The van der Waals surface area contributed by atoms with E-state index in [4.69, 9.17) is 5.11 Å². The van der Waals surface area contributed by atoms with Crippen molar-refractivity contribution in [2.75, 3.05) is 0 Å². The second-order valence-corrected chi connectivity index (χ2v) is 4.26. The summed E-state index contributed by atoms with van der Waals surface area (Å²) in [6, 6.07) is 6.65. The Kier molecular flexibility index (Phi) is 2.60. The maximum absolute atomic E-state index is 11.8. The third-order valence-corrected chi connectivity index (χ3v) is 2.97. The van der Waals surface area contributed by atoms with E-state index in [1.807, 2.05) is 0 Å². The number of nitrogens with zero attached hydrogens (tertiary/aromatic N) is 3. The fourth-order valence-corrected chi connectivity index (χ4v) is 2.02. The van der Waals surface area contributed by atoms with E-state index in [9.17, 15) is 9.59 Å². The van der Waals surface area contributed by atoms with Crippen molar-refractivity contribution in [1.82, 2.24) is 19.7 Å². The summed E-state index contributed by atoms with van der Waals surface area (Å²) in [5.41, 5.74) is 0.0730. The average Bonchev–Trinajstić information content (AvgIpc) is 2.75. The molecule has 20 heavy (non-hydrogen) atoms. The molecule has 0 unspecified atom stereocenters. The summed E-state index contributed by atoms with van der Waals surface area (Å²) in [6.45, 7) is 1.74. The molecule has 0 amide bonds. The first-order chi connectivity index (χ1) is 9.58. The molecule has 3 heterocycles. The van der Waals surface area contributed by atoms with Crippen LogP contribution in [-0.2, 0) is 0 Å². The van der Waals surface area contributed by atoms with E-state index in [-0.39, 0.29) is 5.56 Å². The zero-order chi connectivity index (χ0) is 14.3. The molecule has 0 radical (unpaired) electrons. The third kappa shape index (κ3) is 1.76. The quantitative estimate of drug-likeness (QED) is 0.726. The first kappa shape index (κ1) is 12.1. The number of aromatic nitrogens is 4.